The molecule has 0 radical (unpaired) electrons. The van der Waals surface area contributed by atoms with E-state index in [1.54, 1.807) is 11.3 Å². The molecule has 2 fully saturated rings. The van der Waals surface area contributed by atoms with Crippen molar-refractivity contribution in [3.05, 3.63) is 58.3 Å². The summed E-state index contributed by atoms with van der Waals surface area (Å²) in [6.45, 7) is 1.74. The highest BCUT2D eigenvalue weighted by Crippen LogP contribution is 2.43. The van der Waals surface area contributed by atoms with Crippen LogP contribution in [-0.4, -0.2) is 39.6 Å². The first-order valence-electron chi connectivity index (χ1n) is 10.6. The highest BCUT2D eigenvalue weighted by molar-refractivity contribution is 7.07. The van der Waals surface area contributed by atoms with Crippen LogP contribution in [0.1, 0.15) is 49.7 Å². The first kappa shape index (κ1) is 24.3. The van der Waals surface area contributed by atoms with Crippen molar-refractivity contribution in [2.75, 3.05) is 0 Å². The molecule has 1 aromatic carbocycles. The number of hydrogen-bond acceptors (Lipinski definition) is 4. The molecule has 9 heteroatoms. The van der Waals surface area contributed by atoms with Crippen LogP contribution in [0.4, 0.5) is 13.2 Å². The van der Waals surface area contributed by atoms with Crippen molar-refractivity contribution in [1.29, 1.82) is 0 Å². The molecule has 0 atom stereocenters. The summed E-state index contributed by atoms with van der Waals surface area (Å²) in [6, 6.07) is 13.2. The maximum atomic E-state index is 12.5. The molecule has 1 spiro atoms. The van der Waals surface area contributed by atoms with E-state index < -0.39 is 12.1 Å². The maximum Gasteiger partial charge on any atom is 0.490 e. The van der Waals surface area contributed by atoms with Crippen molar-refractivity contribution in [3.8, 4) is 0 Å². The number of likely N-dealkylation sites (tertiary alicyclic amines) is 1. The molecular weight excluding hydrogens is 441 g/mol. The number of carbonyl (C=O) groups excluding carboxylic acids is 1. The van der Waals surface area contributed by atoms with Gasteiger partial charge in [-0.2, -0.15) is 24.5 Å². The lowest BCUT2D eigenvalue weighted by atomic mass is 9.77. The number of thiophene rings is 1. The Morgan fingerprint density at radius 3 is 2.34 bits per heavy atom. The third kappa shape index (κ3) is 6.32. The summed E-state index contributed by atoms with van der Waals surface area (Å²) in [5.41, 5.74) is 2.73. The quantitative estimate of drug-likeness (QED) is 0.650. The van der Waals surface area contributed by atoms with Gasteiger partial charge < -0.3 is 15.3 Å². The molecule has 2 aliphatic rings. The van der Waals surface area contributed by atoms with Crippen LogP contribution in [0.15, 0.2) is 47.2 Å². The number of nitrogens with zero attached hydrogens (tertiary/aromatic N) is 1. The number of carbonyl (C=O) groups is 2. The van der Waals surface area contributed by atoms with Crippen molar-refractivity contribution in [2.45, 2.75) is 69.4 Å². The van der Waals surface area contributed by atoms with Crippen LogP contribution in [0.25, 0.3) is 0 Å². The number of carboxylic acid groups (broad SMARTS) is 1. The molecule has 1 saturated heterocycles. The van der Waals surface area contributed by atoms with Gasteiger partial charge in [-0.1, -0.05) is 30.3 Å². The average Bonchev–Trinajstić information content (AvgIpc) is 3.39. The summed E-state index contributed by atoms with van der Waals surface area (Å²) in [6.07, 6.45) is 1.28. The van der Waals surface area contributed by atoms with Crippen LogP contribution in [0.3, 0.4) is 0 Å². The molecule has 1 aromatic heterocycles. The van der Waals surface area contributed by atoms with Crippen LogP contribution in [-0.2, 0) is 22.7 Å². The molecule has 0 unspecified atom stereocenters. The monoisotopic (exact) mass is 468 g/mol. The van der Waals surface area contributed by atoms with Gasteiger partial charge in [-0.05, 0) is 60.1 Å². The van der Waals surface area contributed by atoms with Crippen LogP contribution >= 0.6 is 11.3 Å². The number of rotatable bonds is 5. The normalized spacial score (nSPS) is 23.2. The van der Waals surface area contributed by atoms with E-state index in [4.69, 9.17) is 9.90 Å². The smallest absolute Gasteiger partial charge is 0.475 e. The van der Waals surface area contributed by atoms with E-state index >= 15 is 0 Å². The molecule has 2 N–H and O–H groups in total. The van der Waals surface area contributed by atoms with E-state index in [2.05, 4.69) is 51.3 Å². The summed E-state index contributed by atoms with van der Waals surface area (Å²) in [7, 11) is 0. The predicted molar refractivity (Wildman–Crippen MR) is 116 cm³/mol. The first-order chi connectivity index (χ1) is 15.2. The fourth-order valence-electron chi connectivity index (χ4n) is 4.43. The number of amides is 1. The molecule has 2 aromatic rings. The average molecular weight is 469 g/mol. The van der Waals surface area contributed by atoms with Gasteiger partial charge in [0.2, 0.25) is 5.91 Å². The van der Waals surface area contributed by atoms with Gasteiger partial charge in [-0.15, -0.1) is 0 Å². The SMILES string of the molecule is O=C(O)C(F)(F)F.O=C1CCC2(CCC(NCc3ccsc3)CC2)N1Cc1ccccc1. The number of halogens is 3. The molecule has 32 heavy (non-hydrogen) atoms. The number of nitrogens with one attached hydrogen (secondary N) is 1. The Kier molecular flexibility index (Phi) is 7.95. The first-order valence-corrected chi connectivity index (χ1v) is 11.5. The summed E-state index contributed by atoms with van der Waals surface area (Å²) < 4.78 is 31.7. The van der Waals surface area contributed by atoms with Crippen LogP contribution in [0.5, 0.6) is 0 Å². The molecule has 2 heterocycles. The molecular formula is C23H27F3N2O3S. The molecule has 4 rings (SSSR count). The van der Waals surface area contributed by atoms with Gasteiger partial charge in [0.05, 0.1) is 0 Å². The van der Waals surface area contributed by atoms with Gasteiger partial charge in [0, 0.05) is 31.1 Å². The van der Waals surface area contributed by atoms with Crippen LogP contribution in [0, 0.1) is 0 Å². The Morgan fingerprint density at radius 2 is 1.78 bits per heavy atom. The van der Waals surface area contributed by atoms with Gasteiger partial charge in [-0.3, -0.25) is 4.79 Å². The topological polar surface area (TPSA) is 69.6 Å². The Bertz CT molecular complexity index is 880. The number of benzene rings is 1. The molecule has 1 aliphatic heterocycles. The third-order valence-corrected chi connectivity index (χ3v) is 6.93. The minimum absolute atomic E-state index is 0.105. The van der Waals surface area contributed by atoms with E-state index in [9.17, 15) is 18.0 Å². The number of hydrogen-bond donors (Lipinski definition) is 2. The summed E-state index contributed by atoms with van der Waals surface area (Å²) in [5.74, 6) is -2.42. The Hall–Kier alpha value is -2.39. The minimum atomic E-state index is -5.08. The highest BCUT2D eigenvalue weighted by atomic mass is 32.1. The van der Waals surface area contributed by atoms with Crippen molar-refractivity contribution in [2.24, 2.45) is 0 Å². The second-order valence-electron chi connectivity index (χ2n) is 8.28. The van der Waals surface area contributed by atoms with Crippen LogP contribution in [0.2, 0.25) is 0 Å². The lowest BCUT2D eigenvalue weighted by Crippen LogP contribution is -2.50. The van der Waals surface area contributed by atoms with Gasteiger partial charge in [0.15, 0.2) is 0 Å². The van der Waals surface area contributed by atoms with Crippen molar-refractivity contribution < 1.29 is 27.9 Å². The summed E-state index contributed by atoms with van der Waals surface area (Å²) in [5, 5.41) is 15.2. The Morgan fingerprint density at radius 1 is 1.12 bits per heavy atom. The van der Waals surface area contributed by atoms with Crippen LogP contribution < -0.4 is 5.32 Å². The van der Waals surface area contributed by atoms with E-state index in [0.717, 1.165) is 38.8 Å². The van der Waals surface area contributed by atoms with E-state index in [0.29, 0.717) is 11.9 Å². The maximum absolute atomic E-state index is 12.5. The fourth-order valence-corrected chi connectivity index (χ4v) is 5.10. The van der Waals surface area contributed by atoms with Gasteiger partial charge in [0.25, 0.3) is 0 Å². The largest absolute Gasteiger partial charge is 0.490 e. The third-order valence-electron chi connectivity index (χ3n) is 6.20. The number of aliphatic carboxylic acids is 1. The molecule has 1 saturated carbocycles. The van der Waals surface area contributed by atoms with Gasteiger partial charge >= 0.3 is 12.1 Å². The second kappa shape index (κ2) is 10.5. The van der Waals surface area contributed by atoms with Gasteiger partial charge in [0.1, 0.15) is 0 Å². The lowest BCUT2D eigenvalue weighted by molar-refractivity contribution is -0.192. The number of alkyl halides is 3. The van der Waals surface area contributed by atoms with Crippen molar-refractivity contribution in [1.82, 2.24) is 10.2 Å². The molecule has 0 bridgehead atoms. The minimum Gasteiger partial charge on any atom is -0.475 e. The van der Waals surface area contributed by atoms with Crippen molar-refractivity contribution >= 4 is 23.2 Å². The lowest BCUT2D eigenvalue weighted by Gasteiger charge is -2.44. The number of carboxylic acids is 1. The molecule has 5 nitrogen and oxygen atoms in total. The van der Waals surface area contributed by atoms with Crippen molar-refractivity contribution in [3.63, 3.8) is 0 Å². The summed E-state index contributed by atoms with van der Waals surface area (Å²) in [4.78, 5) is 23.6. The Balaban J connectivity index is 0.000000360. The van der Waals surface area contributed by atoms with Gasteiger partial charge in [-0.25, -0.2) is 4.79 Å². The van der Waals surface area contributed by atoms with E-state index in [1.165, 1.54) is 24.0 Å². The molecule has 1 aliphatic carbocycles. The zero-order valence-corrected chi connectivity index (χ0v) is 18.4. The Labute approximate surface area is 189 Å². The molecule has 174 valence electrons. The highest BCUT2D eigenvalue weighted by Gasteiger charge is 2.46. The standard InChI is InChI=1S/C21H26N2OS.C2HF3O2/c24-20-8-12-21(23(20)15-17-4-2-1-3-5-17)10-6-19(7-11-21)22-14-18-9-13-25-16-18;3-2(4,5)1(6)7/h1-5,9,13,16,19,22H,6-8,10-12,14-15H2;(H,6,7). The van der Waals surface area contributed by atoms with E-state index in [-0.39, 0.29) is 5.54 Å². The molecule has 1 amide bonds. The van der Waals surface area contributed by atoms with E-state index in [1.807, 2.05) is 6.07 Å². The fraction of sp³-hybridized carbons (Fsp3) is 0.478. The zero-order chi connectivity index (χ0) is 23.2. The zero-order valence-electron chi connectivity index (χ0n) is 17.6. The summed E-state index contributed by atoms with van der Waals surface area (Å²) >= 11 is 1.76. The predicted octanol–water partition coefficient (Wildman–Crippen LogP) is 4.98. The second-order valence-corrected chi connectivity index (χ2v) is 9.06.